The molecule has 94 valence electrons. The summed E-state index contributed by atoms with van der Waals surface area (Å²) in [7, 11) is 0. The van der Waals surface area contributed by atoms with Crippen molar-refractivity contribution < 1.29 is 4.39 Å². The normalized spacial score (nSPS) is 22.7. The van der Waals surface area contributed by atoms with E-state index in [4.69, 9.17) is 0 Å². The number of benzene rings is 1. The first-order valence-electron chi connectivity index (χ1n) is 6.17. The Morgan fingerprint density at radius 3 is 2.72 bits per heavy atom. The van der Waals surface area contributed by atoms with Gasteiger partial charge in [0.05, 0.1) is 11.2 Å². The van der Waals surface area contributed by atoms with Crippen molar-refractivity contribution in [3.05, 3.63) is 52.2 Å². The predicted octanol–water partition coefficient (Wildman–Crippen LogP) is 3.32. The quantitative estimate of drug-likeness (QED) is 0.914. The molecule has 0 spiro atoms. The van der Waals surface area contributed by atoms with Gasteiger partial charge in [-0.05, 0) is 36.5 Å². The van der Waals surface area contributed by atoms with Crippen molar-refractivity contribution in [2.75, 3.05) is 0 Å². The summed E-state index contributed by atoms with van der Waals surface area (Å²) in [5, 5.41) is 5.58. The summed E-state index contributed by atoms with van der Waals surface area (Å²) in [6.45, 7) is 0.851. The van der Waals surface area contributed by atoms with Crippen LogP contribution in [0.25, 0.3) is 0 Å². The summed E-state index contributed by atoms with van der Waals surface area (Å²) in [5.74, 6) is 0.426. The van der Waals surface area contributed by atoms with Gasteiger partial charge in [0, 0.05) is 18.0 Å². The lowest BCUT2D eigenvalue weighted by Crippen LogP contribution is -2.39. The van der Waals surface area contributed by atoms with Crippen LogP contribution in [-0.2, 0) is 6.54 Å². The minimum Gasteiger partial charge on any atom is -0.308 e. The number of nitrogens with zero attached hydrogens (tertiary/aromatic N) is 1. The standard InChI is InChI=1S/C14H15FN2S/c15-12-3-1-10(2-4-12)11-5-13(6-11)16-7-14-8-18-9-17-14/h1-4,8-9,11,13,16H,5-7H2. The van der Waals surface area contributed by atoms with E-state index < -0.39 is 0 Å². The Morgan fingerprint density at radius 1 is 1.28 bits per heavy atom. The van der Waals surface area contributed by atoms with E-state index in [0.717, 1.165) is 25.1 Å². The van der Waals surface area contributed by atoms with E-state index in [2.05, 4.69) is 15.7 Å². The molecule has 1 aromatic heterocycles. The highest BCUT2D eigenvalue weighted by atomic mass is 32.1. The van der Waals surface area contributed by atoms with Gasteiger partial charge in [0.1, 0.15) is 5.82 Å². The lowest BCUT2D eigenvalue weighted by atomic mass is 9.76. The average molecular weight is 262 g/mol. The fourth-order valence-corrected chi connectivity index (χ4v) is 2.92. The largest absolute Gasteiger partial charge is 0.308 e. The van der Waals surface area contributed by atoms with E-state index >= 15 is 0 Å². The van der Waals surface area contributed by atoms with E-state index in [9.17, 15) is 4.39 Å². The van der Waals surface area contributed by atoms with E-state index in [-0.39, 0.29) is 5.82 Å². The summed E-state index contributed by atoms with van der Waals surface area (Å²) in [6.07, 6.45) is 2.27. The highest BCUT2D eigenvalue weighted by Crippen LogP contribution is 2.36. The Balaban J connectivity index is 1.47. The van der Waals surface area contributed by atoms with E-state index in [0.29, 0.717) is 12.0 Å². The Morgan fingerprint density at radius 2 is 2.06 bits per heavy atom. The molecule has 1 heterocycles. The van der Waals surface area contributed by atoms with Crippen LogP contribution in [-0.4, -0.2) is 11.0 Å². The summed E-state index contributed by atoms with van der Waals surface area (Å²) in [4.78, 5) is 4.25. The SMILES string of the molecule is Fc1ccc(C2CC(NCc3cscn3)C2)cc1. The van der Waals surface area contributed by atoms with Crippen LogP contribution in [0.1, 0.15) is 30.0 Å². The van der Waals surface area contributed by atoms with Crippen LogP contribution in [0.3, 0.4) is 0 Å². The molecule has 2 nitrogen and oxygen atoms in total. The number of aromatic nitrogens is 1. The molecule has 1 aromatic carbocycles. The Hall–Kier alpha value is -1.26. The van der Waals surface area contributed by atoms with Gasteiger partial charge in [-0.2, -0.15) is 0 Å². The molecule has 0 amide bonds. The summed E-state index contributed by atoms with van der Waals surface area (Å²) >= 11 is 1.63. The molecule has 18 heavy (non-hydrogen) atoms. The van der Waals surface area contributed by atoms with Crippen molar-refractivity contribution in [3.8, 4) is 0 Å². The number of hydrogen-bond acceptors (Lipinski definition) is 3. The second-order valence-electron chi connectivity index (χ2n) is 4.78. The van der Waals surface area contributed by atoms with Crippen LogP contribution in [0.4, 0.5) is 4.39 Å². The average Bonchev–Trinajstić information content (AvgIpc) is 2.82. The molecule has 1 saturated carbocycles. The molecule has 0 radical (unpaired) electrons. The first-order chi connectivity index (χ1) is 8.81. The molecule has 1 N–H and O–H groups in total. The molecule has 2 aromatic rings. The zero-order valence-electron chi connectivity index (χ0n) is 9.97. The Labute approximate surface area is 110 Å². The third-order valence-corrected chi connectivity index (χ3v) is 4.17. The van der Waals surface area contributed by atoms with Crippen LogP contribution in [0.2, 0.25) is 0 Å². The Kier molecular flexibility index (Phi) is 3.39. The smallest absolute Gasteiger partial charge is 0.123 e. The van der Waals surface area contributed by atoms with E-state index in [1.165, 1.54) is 5.56 Å². The number of halogens is 1. The number of thiazole rings is 1. The summed E-state index contributed by atoms with van der Waals surface area (Å²) in [6, 6.07) is 7.46. The molecule has 0 bridgehead atoms. The van der Waals surface area contributed by atoms with Crippen molar-refractivity contribution in [2.45, 2.75) is 31.3 Å². The van der Waals surface area contributed by atoms with Crippen molar-refractivity contribution in [1.29, 1.82) is 0 Å². The van der Waals surface area contributed by atoms with Gasteiger partial charge in [0.15, 0.2) is 0 Å². The van der Waals surface area contributed by atoms with Gasteiger partial charge in [-0.1, -0.05) is 12.1 Å². The number of nitrogens with one attached hydrogen (secondary N) is 1. The van der Waals surface area contributed by atoms with Crippen LogP contribution < -0.4 is 5.32 Å². The predicted molar refractivity (Wildman–Crippen MR) is 71.1 cm³/mol. The minimum absolute atomic E-state index is 0.156. The molecule has 1 aliphatic rings. The Bertz CT molecular complexity index is 489. The van der Waals surface area contributed by atoms with Crippen molar-refractivity contribution >= 4 is 11.3 Å². The molecule has 3 rings (SSSR count). The summed E-state index contributed by atoms with van der Waals surface area (Å²) < 4.78 is 12.8. The monoisotopic (exact) mass is 262 g/mol. The van der Waals surface area contributed by atoms with Crippen molar-refractivity contribution in [2.24, 2.45) is 0 Å². The molecular formula is C14H15FN2S. The molecule has 1 aliphatic carbocycles. The maximum Gasteiger partial charge on any atom is 0.123 e. The first-order valence-corrected chi connectivity index (χ1v) is 7.11. The van der Waals surface area contributed by atoms with Gasteiger partial charge >= 0.3 is 0 Å². The second kappa shape index (κ2) is 5.16. The minimum atomic E-state index is -0.156. The molecule has 4 heteroatoms. The van der Waals surface area contributed by atoms with Crippen molar-refractivity contribution in [1.82, 2.24) is 10.3 Å². The number of hydrogen-bond donors (Lipinski definition) is 1. The molecule has 0 atom stereocenters. The van der Waals surface area contributed by atoms with Gasteiger partial charge in [-0.25, -0.2) is 9.37 Å². The van der Waals surface area contributed by atoms with Crippen LogP contribution >= 0.6 is 11.3 Å². The topological polar surface area (TPSA) is 24.9 Å². The third-order valence-electron chi connectivity index (χ3n) is 3.53. The molecular weight excluding hydrogens is 247 g/mol. The fraction of sp³-hybridized carbons (Fsp3) is 0.357. The molecule has 0 unspecified atom stereocenters. The van der Waals surface area contributed by atoms with E-state index in [1.54, 1.807) is 23.5 Å². The lowest BCUT2D eigenvalue weighted by molar-refractivity contribution is 0.288. The van der Waals surface area contributed by atoms with Gasteiger partial charge in [0.25, 0.3) is 0 Å². The zero-order chi connectivity index (χ0) is 12.4. The van der Waals surface area contributed by atoms with Gasteiger partial charge in [0.2, 0.25) is 0 Å². The van der Waals surface area contributed by atoms with Gasteiger partial charge in [-0.3, -0.25) is 0 Å². The molecule has 0 saturated heterocycles. The van der Waals surface area contributed by atoms with Crippen LogP contribution in [0.15, 0.2) is 35.2 Å². The maximum atomic E-state index is 12.8. The van der Waals surface area contributed by atoms with E-state index in [1.807, 2.05) is 17.6 Å². The third kappa shape index (κ3) is 2.60. The van der Waals surface area contributed by atoms with Gasteiger partial charge < -0.3 is 5.32 Å². The summed E-state index contributed by atoms with van der Waals surface area (Å²) in [5.41, 5.74) is 4.23. The lowest BCUT2D eigenvalue weighted by Gasteiger charge is -2.36. The number of rotatable bonds is 4. The highest BCUT2D eigenvalue weighted by Gasteiger charge is 2.29. The zero-order valence-corrected chi connectivity index (χ0v) is 10.8. The maximum absolute atomic E-state index is 12.8. The first kappa shape index (κ1) is 11.8. The fourth-order valence-electron chi connectivity index (χ4n) is 2.37. The molecule has 1 fully saturated rings. The van der Waals surface area contributed by atoms with Gasteiger partial charge in [-0.15, -0.1) is 11.3 Å². The van der Waals surface area contributed by atoms with Crippen molar-refractivity contribution in [3.63, 3.8) is 0 Å². The highest BCUT2D eigenvalue weighted by molar-refractivity contribution is 7.07. The van der Waals surface area contributed by atoms with Crippen LogP contribution in [0.5, 0.6) is 0 Å². The van der Waals surface area contributed by atoms with Crippen LogP contribution in [0, 0.1) is 5.82 Å². The second-order valence-corrected chi connectivity index (χ2v) is 5.50. The molecule has 0 aliphatic heterocycles.